The maximum atomic E-state index is 13.0. The van der Waals surface area contributed by atoms with E-state index >= 15 is 0 Å². The van der Waals surface area contributed by atoms with E-state index in [2.05, 4.69) is 31.2 Å². The zero-order valence-electron chi connectivity index (χ0n) is 18.9. The zero-order chi connectivity index (χ0) is 26.0. The first-order valence-corrected chi connectivity index (χ1v) is 11.0. The van der Waals surface area contributed by atoms with Crippen molar-refractivity contribution in [1.29, 1.82) is 0 Å². The second-order valence-corrected chi connectivity index (χ2v) is 8.13. The number of amides is 5. The highest BCUT2D eigenvalue weighted by molar-refractivity contribution is 5.96. The van der Waals surface area contributed by atoms with Gasteiger partial charge in [0.15, 0.2) is 0 Å². The van der Waals surface area contributed by atoms with Crippen LogP contribution >= 0.6 is 0 Å². The molecule has 0 aliphatic carbocycles. The SMILES string of the molecule is NC(=O)CCC(NC(=O)C(Cc1cnc[nH]1)NC(=O)C(CC(N)=O)NC(=O)C1CCCN1)C(=O)O. The second kappa shape index (κ2) is 13.0. The normalized spacial score (nSPS) is 17.5. The van der Waals surface area contributed by atoms with Gasteiger partial charge in [-0.1, -0.05) is 0 Å². The molecule has 0 spiro atoms. The van der Waals surface area contributed by atoms with Crippen molar-refractivity contribution in [3.8, 4) is 0 Å². The average Bonchev–Trinajstić information content (AvgIpc) is 3.49. The van der Waals surface area contributed by atoms with E-state index in [1.807, 2.05) is 0 Å². The van der Waals surface area contributed by atoms with Crippen molar-refractivity contribution >= 4 is 35.5 Å². The molecular weight excluding hydrogens is 464 g/mol. The fourth-order valence-corrected chi connectivity index (χ4v) is 3.51. The van der Waals surface area contributed by atoms with Gasteiger partial charge in [0.1, 0.15) is 18.1 Å². The van der Waals surface area contributed by atoms with Crippen LogP contribution in [0.15, 0.2) is 12.5 Å². The number of carbonyl (C=O) groups is 6. The molecular formula is C20H30N8O7. The van der Waals surface area contributed by atoms with Gasteiger partial charge in [-0.15, -0.1) is 0 Å². The number of rotatable bonds is 14. The fourth-order valence-electron chi connectivity index (χ4n) is 3.51. The lowest BCUT2D eigenvalue weighted by Gasteiger charge is -2.24. The summed E-state index contributed by atoms with van der Waals surface area (Å²) in [4.78, 5) is 79.0. The molecule has 15 heteroatoms. The van der Waals surface area contributed by atoms with Crippen molar-refractivity contribution in [2.75, 3.05) is 6.54 Å². The Morgan fingerprint density at radius 1 is 1.03 bits per heavy atom. The van der Waals surface area contributed by atoms with E-state index in [1.165, 1.54) is 12.5 Å². The van der Waals surface area contributed by atoms with Gasteiger partial charge in [-0.25, -0.2) is 9.78 Å². The number of aliphatic carboxylic acids is 1. The predicted octanol–water partition coefficient (Wildman–Crippen LogP) is -3.62. The lowest BCUT2D eigenvalue weighted by Crippen LogP contribution is -2.58. The molecule has 192 valence electrons. The second-order valence-electron chi connectivity index (χ2n) is 8.13. The van der Waals surface area contributed by atoms with Gasteiger partial charge in [0.05, 0.1) is 18.8 Å². The number of hydrogen-bond acceptors (Lipinski definition) is 8. The van der Waals surface area contributed by atoms with Crippen LogP contribution in [0.4, 0.5) is 0 Å². The molecule has 1 aromatic rings. The number of H-pyrrole nitrogens is 1. The summed E-state index contributed by atoms with van der Waals surface area (Å²) < 4.78 is 0. The van der Waals surface area contributed by atoms with Gasteiger partial charge >= 0.3 is 5.97 Å². The van der Waals surface area contributed by atoms with E-state index in [1.54, 1.807) is 0 Å². The van der Waals surface area contributed by atoms with E-state index in [9.17, 15) is 33.9 Å². The third-order valence-electron chi connectivity index (χ3n) is 5.32. The van der Waals surface area contributed by atoms with Crippen LogP contribution < -0.4 is 32.7 Å². The van der Waals surface area contributed by atoms with Crippen LogP contribution in [0.3, 0.4) is 0 Å². The summed E-state index contributed by atoms with van der Waals surface area (Å²) in [6.07, 6.45) is 2.93. The summed E-state index contributed by atoms with van der Waals surface area (Å²) >= 11 is 0. The number of nitrogens with one attached hydrogen (secondary N) is 5. The lowest BCUT2D eigenvalue weighted by atomic mass is 10.1. The predicted molar refractivity (Wildman–Crippen MR) is 119 cm³/mol. The zero-order valence-corrected chi connectivity index (χ0v) is 18.9. The Balaban J connectivity index is 2.16. The Hall–Kier alpha value is -4.01. The first kappa shape index (κ1) is 27.2. The summed E-state index contributed by atoms with van der Waals surface area (Å²) in [5.74, 6) is -5.21. The lowest BCUT2D eigenvalue weighted by molar-refractivity contribution is -0.142. The van der Waals surface area contributed by atoms with Crippen LogP contribution in [-0.2, 0) is 35.2 Å². The number of nitrogens with zero attached hydrogens (tertiary/aromatic N) is 1. The quantitative estimate of drug-likeness (QED) is 0.127. The summed E-state index contributed by atoms with van der Waals surface area (Å²) in [7, 11) is 0. The smallest absolute Gasteiger partial charge is 0.326 e. The van der Waals surface area contributed by atoms with Crippen LogP contribution in [0, 0.1) is 0 Å². The summed E-state index contributed by atoms with van der Waals surface area (Å²) in [6.45, 7) is 0.637. The number of carbonyl (C=O) groups excluding carboxylic acids is 5. The van der Waals surface area contributed by atoms with Gasteiger partial charge in [0, 0.05) is 24.7 Å². The van der Waals surface area contributed by atoms with Crippen molar-refractivity contribution in [2.45, 2.75) is 62.7 Å². The van der Waals surface area contributed by atoms with Crippen molar-refractivity contribution in [3.05, 3.63) is 18.2 Å². The van der Waals surface area contributed by atoms with Gasteiger partial charge in [-0.05, 0) is 25.8 Å². The molecule has 1 aliphatic heterocycles. The molecule has 15 nitrogen and oxygen atoms in total. The highest BCUT2D eigenvalue weighted by Gasteiger charge is 2.32. The number of imidazole rings is 1. The minimum Gasteiger partial charge on any atom is -0.480 e. The van der Waals surface area contributed by atoms with Gasteiger partial charge < -0.3 is 42.8 Å². The van der Waals surface area contributed by atoms with E-state index < -0.39 is 66.1 Å². The molecule has 1 fully saturated rings. The third-order valence-corrected chi connectivity index (χ3v) is 5.32. The molecule has 0 bridgehead atoms. The number of aromatic nitrogens is 2. The average molecular weight is 495 g/mol. The largest absolute Gasteiger partial charge is 0.480 e. The van der Waals surface area contributed by atoms with Gasteiger partial charge in [-0.3, -0.25) is 24.0 Å². The third kappa shape index (κ3) is 9.04. The molecule has 0 aromatic carbocycles. The monoisotopic (exact) mass is 494 g/mol. The van der Waals surface area contributed by atoms with E-state index in [0.29, 0.717) is 18.7 Å². The molecule has 1 saturated heterocycles. The van der Waals surface area contributed by atoms with Crippen LogP contribution in [-0.4, -0.2) is 81.3 Å². The number of primary amides is 2. The van der Waals surface area contributed by atoms with Crippen LogP contribution in [0.5, 0.6) is 0 Å². The van der Waals surface area contributed by atoms with Crippen LogP contribution in [0.25, 0.3) is 0 Å². The molecule has 0 radical (unpaired) electrons. The van der Waals surface area contributed by atoms with Gasteiger partial charge in [0.25, 0.3) is 0 Å². The minimum absolute atomic E-state index is 0.110. The van der Waals surface area contributed by atoms with Crippen molar-refractivity contribution in [1.82, 2.24) is 31.2 Å². The molecule has 2 heterocycles. The molecule has 35 heavy (non-hydrogen) atoms. The maximum absolute atomic E-state index is 13.0. The molecule has 0 saturated carbocycles. The number of carboxylic acid groups (broad SMARTS) is 1. The number of carboxylic acids is 1. The minimum atomic E-state index is -1.44. The standard InChI is InChI=1S/C20H30N8O7/c21-15(29)4-3-12(20(34)35)26-18(32)13(6-10-8-23-9-25-10)27-19(33)14(7-16(22)30)28-17(31)11-2-1-5-24-11/h8-9,11-14,24H,1-7H2,(H2,21,29)(H2,22,30)(H,23,25)(H,26,32)(H,27,33)(H,28,31)(H,34,35). The van der Waals surface area contributed by atoms with Gasteiger partial charge in [0.2, 0.25) is 29.5 Å². The molecule has 1 aromatic heterocycles. The molecule has 4 atom stereocenters. The van der Waals surface area contributed by atoms with Crippen molar-refractivity contribution < 1.29 is 33.9 Å². The molecule has 1 aliphatic rings. The first-order chi connectivity index (χ1) is 16.6. The first-order valence-electron chi connectivity index (χ1n) is 11.0. The Morgan fingerprint density at radius 2 is 1.71 bits per heavy atom. The van der Waals surface area contributed by atoms with Crippen LogP contribution in [0.2, 0.25) is 0 Å². The number of nitrogens with two attached hydrogens (primary N) is 2. The Bertz CT molecular complexity index is 930. The van der Waals surface area contributed by atoms with E-state index in [0.717, 1.165) is 6.42 Å². The van der Waals surface area contributed by atoms with Crippen molar-refractivity contribution in [3.63, 3.8) is 0 Å². The summed E-state index contributed by atoms with van der Waals surface area (Å²) in [6, 6.07) is -4.63. The van der Waals surface area contributed by atoms with Crippen LogP contribution in [0.1, 0.15) is 37.8 Å². The number of aromatic amines is 1. The van der Waals surface area contributed by atoms with Crippen molar-refractivity contribution in [2.24, 2.45) is 11.5 Å². The topological polar surface area (TPSA) is 251 Å². The number of hydrogen-bond donors (Lipinski definition) is 8. The maximum Gasteiger partial charge on any atom is 0.326 e. The van der Waals surface area contributed by atoms with E-state index in [4.69, 9.17) is 11.5 Å². The molecule has 2 rings (SSSR count). The molecule has 5 amide bonds. The van der Waals surface area contributed by atoms with Gasteiger partial charge in [-0.2, -0.15) is 0 Å². The Morgan fingerprint density at radius 3 is 2.26 bits per heavy atom. The fraction of sp³-hybridized carbons (Fsp3) is 0.550. The Labute approximate surface area is 200 Å². The summed E-state index contributed by atoms with van der Waals surface area (Å²) in [5.41, 5.74) is 10.7. The Kier molecular flexibility index (Phi) is 10.1. The molecule has 10 N–H and O–H groups in total. The highest BCUT2D eigenvalue weighted by atomic mass is 16.4. The highest BCUT2D eigenvalue weighted by Crippen LogP contribution is 2.07. The van der Waals surface area contributed by atoms with E-state index in [-0.39, 0.29) is 19.3 Å². The molecule has 4 unspecified atom stereocenters. The summed E-state index contributed by atoms with van der Waals surface area (Å²) in [5, 5.41) is 19.5.